The Morgan fingerprint density at radius 3 is 3.25 bits per heavy atom. The van der Waals surface area contributed by atoms with Gasteiger partial charge in [0.1, 0.15) is 18.7 Å². The molecule has 1 saturated heterocycles. The zero-order valence-corrected chi connectivity index (χ0v) is 6.51. The molecule has 5 heteroatoms. The molecule has 1 aliphatic rings. The Morgan fingerprint density at radius 1 is 1.67 bits per heavy atom. The van der Waals surface area contributed by atoms with Crippen LogP contribution < -0.4 is 0 Å². The smallest absolute Gasteiger partial charge is 0.162 e. The van der Waals surface area contributed by atoms with Crippen LogP contribution in [0.15, 0.2) is 12.7 Å². The van der Waals surface area contributed by atoms with Crippen molar-refractivity contribution in [1.82, 2.24) is 14.8 Å². The van der Waals surface area contributed by atoms with Crippen molar-refractivity contribution in [3.63, 3.8) is 0 Å². The number of hydrogen-bond donors (Lipinski definition) is 0. The Balaban J connectivity index is 2.17. The number of ketones is 1. The summed E-state index contributed by atoms with van der Waals surface area (Å²) in [6.45, 7) is 0.951. The van der Waals surface area contributed by atoms with E-state index in [1.54, 1.807) is 4.68 Å². The molecule has 0 bridgehead atoms. The second-order valence-corrected chi connectivity index (χ2v) is 2.68. The van der Waals surface area contributed by atoms with Crippen LogP contribution in [-0.4, -0.2) is 33.8 Å². The first kappa shape index (κ1) is 7.42. The molecule has 0 spiro atoms. The van der Waals surface area contributed by atoms with Gasteiger partial charge in [0.15, 0.2) is 5.78 Å². The fourth-order valence-electron chi connectivity index (χ4n) is 1.23. The second kappa shape index (κ2) is 3.02. The number of rotatable bonds is 1. The van der Waals surface area contributed by atoms with Crippen LogP contribution in [0.4, 0.5) is 0 Å². The van der Waals surface area contributed by atoms with Crippen LogP contribution in [0, 0.1) is 0 Å². The molecule has 0 aliphatic carbocycles. The Morgan fingerprint density at radius 2 is 2.58 bits per heavy atom. The molecule has 0 radical (unpaired) electrons. The van der Waals surface area contributed by atoms with Crippen LogP contribution in [0.2, 0.25) is 0 Å². The zero-order valence-electron chi connectivity index (χ0n) is 6.51. The molecular formula is C7H9N3O2. The van der Waals surface area contributed by atoms with E-state index in [2.05, 4.69) is 10.1 Å². The number of ether oxygens (including phenoxy) is 1. The van der Waals surface area contributed by atoms with Gasteiger partial charge in [0.2, 0.25) is 0 Å². The first-order chi connectivity index (χ1) is 5.88. The van der Waals surface area contributed by atoms with Gasteiger partial charge in [-0.25, -0.2) is 9.67 Å². The molecule has 0 aromatic carbocycles. The summed E-state index contributed by atoms with van der Waals surface area (Å²) in [5, 5.41) is 3.90. The van der Waals surface area contributed by atoms with E-state index in [0.29, 0.717) is 19.6 Å². The molecule has 0 saturated carbocycles. The molecule has 0 amide bonds. The largest absolute Gasteiger partial charge is 0.378 e. The predicted molar refractivity (Wildman–Crippen MR) is 39.5 cm³/mol. The van der Waals surface area contributed by atoms with Crippen molar-refractivity contribution in [3.8, 4) is 0 Å². The summed E-state index contributed by atoms with van der Waals surface area (Å²) in [7, 11) is 0. The van der Waals surface area contributed by atoms with Crippen LogP contribution in [-0.2, 0) is 9.53 Å². The molecule has 1 atom stereocenters. The van der Waals surface area contributed by atoms with Crippen molar-refractivity contribution in [3.05, 3.63) is 12.7 Å². The standard InChI is InChI=1S/C7H9N3O2/c11-7-1-2-12-3-6(7)10-5-8-4-9-10/h4-6H,1-3H2. The van der Waals surface area contributed by atoms with Gasteiger partial charge in [0.05, 0.1) is 13.2 Å². The summed E-state index contributed by atoms with van der Waals surface area (Å²) in [4.78, 5) is 15.1. The zero-order chi connectivity index (χ0) is 8.39. The SMILES string of the molecule is O=C1CCOCC1n1cncn1. The molecule has 1 fully saturated rings. The van der Waals surface area contributed by atoms with Crippen molar-refractivity contribution in [2.24, 2.45) is 0 Å². The minimum Gasteiger partial charge on any atom is -0.378 e. The Labute approximate surface area is 69.4 Å². The van der Waals surface area contributed by atoms with E-state index in [1.807, 2.05) is 0 Å². The van der Waals surface area contributed by atoms with Crippen LogP contribution in [0.3, 0.4) is 0 Å². The van der Waals surface area contributed by atoms with Crippen molar-refractivity contribution < 1.29 is 9.53 Å². The maximum atomic E-state index is 11.3. The van der Waals surface area contributed by atoms with Gasteiger partial charge in [-0.15, -0.1) is 0 Å². The number of carbonyl (C=O) groups excluding carboxylic acids is 1. The third kappa shape index (κ3) is 1.23. The fourth-order valence-corrected chi connectivity index (χ4v) is 1.23. The van der Waals surface area contributed by atoms with Crippen molar-refractivity contribution in [2.75, 3.05) is 13.2 Å². The van der Waals surface area contributed by atoms with Gasteiger partial charge in [-0.2, -0.15) is 5.10 Å². The van der Waals surface area contributed by atoms with E-state index in [-0.39, 0.29) is 11.8 Å². The molecule has 1 aromatic heterocycles. The molecule has 5 nitrogen and oxygen atoms in total. The lowest BCUT2D eigenvalue weighted by molar-refractivity contribution is -0.129. The minimum absolute atomic E-state index is 0.173. The van der Waals surface area contributed by atoms with Gasteiger partial charge in [-0.1, -0.05) is 0 Å². The van der Waals surface area contributed by atoms with Crippen LogP contribution in [0.5, 0.6) is 0 Å². The average molecular weight is 167 g/mol. The topological polar surface area (TPSA) is 57.0 Å². The number of hydrogen-bond acceptors (Lipinski definition) is 4. The molecule has 1 aromatic rings. The molecule has 64 valence electrons. The first-order valence-electron chi connectivity index (χ1n) is 3.82. The maximum Gasteiger partial charge on any atom is 0.162 e. The van der Waals surface area contributed by atoms with E-state index in [1.165, 1.54) is 12.7 Å². The first-order valence-corrected chi connectivity index (χ1v) is 3.82. The normalized spacial score (nSPS) is 24.3. The highest BCUT2D eigenvalue weighted by Gasteiger charge is 2.24. The van der Waals surface area contributed by atoms with E-state index in [4.69, 9.17) is 4.74 Å². The van der Waals surface area contributed by atoms with Crippen LogP contribution in [0.1, 0.15) is 12.5 Å². The lowest BCUT2D eigenvalue weighted by Gasteiger charge is -2.20. The van der Waals surface area contributed by atoms with E-state index in [0.717, 1.165) is 0 Å². The van der Waals surface area contributed by atoms with Crippen LogP contribution >= 0.6 is 0 Å². The van der Waals surface area contributed by atoms with Gasteiger partial charge in [-0.3, -0.25) is 4.79 Å². The van der Waals surface area contributed by atoms with Gasteiger partial charge in [0, 0.05) is 6.42 Å². The van der Waals surface area contributed by atoms with Crippen LogP contribution in [0.25, 0.3) is 0 Å². The summed E-state index contributed by atoms with van der Waals surface area (Å²) < 4.78 is 6.71. The van der Waals surface area contributed by atoms with Crippen molar-refractivity contribution in [1.29, 1.82) is 0 Å². The Kier molecular flexibility index (Phi) is 1.87. The summed E-state index contributed by atoms with van der Waals surface area (Å²) >= 11 is 0. The van der Waals surface area contributed by atoms with Gasteiger partial charge >= 0.3 is 0 Å². The number of Topliss-reactive ketones (excluding diaryl/α,β-unsaturated/α-hetero) is 1. The lowest BCUT2D eigenvalue weighted by atomic mass is 10.1. The van der Waals surface area contributed by atoms with E-state index < -0.39 is 0 Å². The minimum atomic E-state index is -0.263. The van der Waals surface area contributed by atoms with Gasteiger partial charge in [0.25, 0.3) is 0 Å². The van der Waals surface area contributed by atoms with E-state index in [9.17, 15) is 4.79 Å². The molecule has 1 aliphatic heterocycles. The quantitative estimate of drug-likeness (QED) is 0.581. The second-order valence-electron chi connectivity index (χ2n) is 2.68. The molecule has 2 rings (SSSR count). The Hall–Kier alpha value is -1.23. The summed E-state index contributed by atoms with van der Waals surface area (Å²) in [6, 6.07) is -0.263. The predicted octanol–water partition coefficient (Wildman–Crippen LogP) is -0.191. The van der Waals surface area contributed by atoms with E-state index >= 15 is 0 Å². The average Bonchev–Trinajstić information content (AvgIpc) is 2.57. The fraction of sp³-hybridized carbons (Fsp3) is 0.571. The molecule has 1 unspecified atom stereocenters. The molecule has 12 heavy (non-hydrogen) atoms. The van der Waals surface area contributed by atoms with Crippen molar-refractivity contribution in [2.45, 2.75) is 12.5 Å². The summed E-state index contributed by atoms with van der Waals surface area (Å²) in [5.41, 5.74) is 0. The number of aromatic nitrogens is 3. The van der Waals surface area contributed by atoms with Gasteiger partial charge in [-0.05, 0) is 0 Å². The number of carbonyl (C=O) groups is 1. The van der Waals surface area contributed by atoms with Gasteiger partial charge < -0.3 is 4.74 Å². The monoisotopic (exact) mass is 167 g/mol. The van der Waals surface area contributed by atoms with Crippen molar-refractivity contribution >= 4 is 5.78 Å². The summed E-state index contributed by atoms with van der Waals surface area (Å²) in [6.07, 6.45) is 3.43. The maximum absolute atomic E-state index is 11.3. The lowest BCUT2D eigenvalue weighted by Crippen LogP contribution is -2.30. The molecular weight excluding hydrogens is 158 g/mol. The highest BCUT2D eigenvalue weighted by molar-refractivity contribution is 5.83. The Bertz CT molecular complexity index is 270. The number of nitrogens with zero attached hydrogens (tertiary/aromatic N) is 3. The highest BCUT2D eigenvalue weighted by atomic mass is 16.5. The highest BCUT2D eigenvalue weighted by Crippen LogP contribution is 2.13. The molecule has 2 heterocycles. The third-order valence-electron chi connectivity index (χ3n) is 1.90. The molecule has 0 N–H and O–H groups in total. The third-order valence-corrected chi connectivity index (χ3v) is 1.90. The summed E-state index contributed by atoms with van der Waals surface area (Å²) in [5.74, 6) is 0.173.